The Morgan fingerprint density at radius 2 is 1.59 bits per heavy atom. The second-order valence-corrected chi connectivity index (χ2v) is 11.2. The number of carbonyl (C=O) groups excluding carboxylic acids is 1. The number of hydrogen-bond donors (Lipinski definition) is 5. The van der Waals surface area contributed by atoms with Crippen LogP contribution in [-0.2, 0) is 21.2 Å². The van der Waals surface area contributed by atoms with Gasteiger partial charge in [0.05, 0.1) is 15.9 Å². The van der Waals surface area contributed by atoms with Crippen LogP contribution < -0.4 is 15.4 Å². The molecule has 2 amide bonds. The van der Waals surface area contributed by atoms with Gasteiger partial charge in [-0.2, -0.15) is 4.72 Å². The molecule has 0 aliphatic heterocycles. The highest BCUT2D eigenvalue weighted by Crippen LogP contribution is 2.26. The summed E-state index contributed by atoms with van der Waals surface area (Å²) in [5.41, 5.74) is 4.93. The third kappa shape index (κ3) is 6.78. The van der Waals surface area contributed by atoms with Gasteiger partial charge in [0, 0.05) is 5.69 Å². The number of aromatic nitrogens is 2. The van der Waals surface area contributed by atoms with E-state index in [1.807, 2.05) is 43.3 Å². The Balaban J connectivity index is 1.30. The molecule has 5 rings (SSSR count). The lowest BCUT2D eigenvalue weighted by atomic mass is 10.1. The SMILES string of the molecule is Cc1ccc(C[C@H](NS(=O)(=O)c2cccc(-c3cccc(NC(=O)Nc4nc5ccccc5[nH]4)c3)c2)C(=O)O)cc1. The third-order valence-corrected chi connectivity index (χ3v) is 7.84. The predicted octanol–water partition coefficient (Wildman–Crippen LogP) is 5.16. The van der Waals surface area contributed by atoms with Gasteiger partial charge < -0.3 is 15.4 Å². The number of para-hydroxylation sites is 2. The smallest absolute Gasteiger partial charge is 0.326 e. The van der Waals surface area contributed by atoms with Gasteiger partial charge in [-0.1, -0.05) is 66.2 Å². The van der Waals surface area contributed by atoms with Gasteiger partial charge in [-0.3, -0.25) is 10.1 Å². The van der Waals surface area contributed by atoms with Crippen LogP contribution in [-0.4, -0.2) is 41.5 Å². The van der Waals surface area contributed by atoms with Crippen molar-refractivity contribution in [3.63, 3.8) is 0 Å². The number of carboxylic acid groups (broad SMARTS) is 1. The van der Waals surface area contributed by atoms with Crippen molar-refractivity contribution in [3.05, 3.63) is 108 Å². The average Bonchev–Trinajstić information content (AvgIpc) is 3.36. The fourth-order valence-corrected chi connectivity index (χ4v) is 5.53. The molecule has 1 heterocycles. The van der Waals surface area contributed by atoms with Gasteiger partial charge in [0.2, 0.25) is 16.0 Å². The van der Waals surface area contributed by atoms with Crippen molar-refractivity contribution in [1.29, 1.82) is 0 Å². The molecule has 4 aromatic carbocycles. The molecule has 1 atom stereocenters. The molecule has 0 saturated carbocycles. The minimum Gasteiger partial charge on any atom is -0.480 e. The highest BCUT2D eigenvalue weighted by Gasteiger charge is 2.26. The molecule has 0 aliphatic carbocycles. The van der Waals surface area contributed by atoms with E-state index in [1.165, 1.54) is 12.1 Å². The molecular weight excluding hydrogens is 542 g/mol. The van der Waals surface area contributed by atoms with E-state index in [2.05, 4.69) is 25.3 Å². The Labute approximate surface area is 236 Å². The maximum Gasteiger partial charge on any atom is 0.326 e. The van der Waals surface area contributed by atoms with Gasteiger partial charge in [-0.05, 0) is 66.4 Å². The van der Waals surface area contributed by atoms with Crippen molar-refractivity contribution < 1.29 is 23.1 Å². The molecule has 1 aromatic heterocycles. The molecule has 0 aliphatic rings. The molecule has 0 saturated heterocycles. The minimum atomic E-state index is -4.16. The van der Waals surface area contributed by atoms with E-state index in [1.54, 1.807) is 48.5 Å². The Hall–Kier alpha value is -5.00. The first-order valence-electron chi connectivity index (χ1n) is 12.7. The monoisotopic (exact) mass is 569 g/mol. The first-order valence-corrected chi connectivity index (χ1v) is 14.2. The number of carbonyl (C=O) groups is 2. The summed E-state index contributed by atoms with van der Waals surface area (Å²) < 4.78 is 28.7. The van der Waals surface area contributed by atoms with E-state index in [4.69, 9.17) is 0 Å². The van der Waals surface area contributed by atoms with Crippen LogP contribution in [0.2, 0.25) is 0 Å². The molecule has 41 heavy (non-hydrogen) atoms. The number of hydrogen-bond acceptors (Lipinski definition) is 5. The van der Waals surface area contributed by atoms with Crippen LogP contribution in [0.3, 0.4) is 0 Å². The number of nitrogens with one attached hydrogen (secondary N) is 4. The summed E-state index contributed by atoms with van der Waals surface area (Å²) in [7, 11) is -4.16. The Morgan fingerprint density at radius 3 is 2.32 bits per heavy atom. The van der Waals surface area contributed by atoms with Crippen molar-refractivity contribution in [3.8, 4) is 11.1 Å². The van der Waals surface area contributed by atoms with Crippen LogP contribution in [0.5, 0.6) is 0 Å². The lowest BCUT2D eigenvalue weighted by Crippen LogP contribution is -2.42. The van der Waals surface area contributed by atoms with E-state index in [9.17, 15) is 23.1 Å². The number of aryl methyl sites for hydroxylation is 1. The number of fused-ring (bicyclic) bond motifs is 1. The van der Waals surface area contributed by atoms with E-state index in [0.717, 1.165) is 16.6 Å². The number of rotatable bonds is 9. The van der Waals surface area contributed by atoms with Gasteiger partial charge in [-0.15, -0.1) is 0 Å². The number of urea groups is 1. The zero-order valence-electron chi connectivity index (χ0n) is 22.0. The average molecular weight is 570 g/mol. The number of anilines is 2. The summed E-state index contributed by atoms with van der Waals surface area (Å²) in [6.45, 7) is 1.91. The normalized spacial score (nSPS) is 12.1. The molecule has 10 nitrogen and oxygen atoms in total. The number of imidazole rings is 1. The number of amides is 2. The van der Waals surface area contributed by atoms with Gasteiger partial charge in [-0.25, -0.2) is 18.2 Å². The van der Waals surface area contributed by atoms with E-state index in [0.29, 0.717) is 28.3 Å². The lowest BCUT2D eigenvalue weighted by molar-refractivity contribution is -0.138. The lowest BCUT2D eigenvalue weighted by Gasteiger charge is -2.16. The Kier molecular flexibility index (Phi) is 7.81. The molecular formula is C30H27N5O5S. The van der Waals surface area contributed by atoms with E-state index in [-0.39, 0.29) is 11.3 Å². The summed E-state index contributed by atoms with van der Waals surface area (Å²) in [5, 5.41) is 15.1. The number of aromatic amines is 1. The third-order valence-electron chi connectivity index (χ3n) is 6.38. The second-order valence-electron chi connectivity index (χ2n) is 9.49. The highest BCUT2D eigenvalue weighted by molar-refractivity contribution is 7.89. The van der Waals surface area contributed by atoms with E-state index < -0.39 is 28.1 Å². The van der Waals surface area contributed by atoms with Crippen LogP contribution >= 0.6 is 0 Å². The predicted molar refractivity (Wildman–Crippen MR) is 157 cm³/mol. The zero-order valence-corrected chi connectivity index (χ0v) is 22.8. The number of carboxylic acids is 1. The number of nitrogens with zero attached hydrogens (tertiary/aromatic N) is 1. The second kappa shape index (κ2) is 11.6. The van der Waals surface area contributed by atoms with Crippen LogP contribution in [0, 0.1) is 6.92 Å². The summed E-state index contributed by atoms with van der Waals surface area (Å²) in [6.07, 6.45) is -0.00164. The van der Waals surface area contributed by atoms with Crippen molar-refractivity contribution >= 4 is 44.7 Å². The number of aliphatic carboxylic acids is 1. The molecule has 0 bridgehead atoms. The first kappa shape index (κ1) is 27.6. The number of sulfonamides is 1. The summed E-state index contributed by atoms with van der Waals surface area (Å²) in [5.74, 6) is -0.975. The van der Waals surface area contributed by atoms with Crippen molar-refractivity contribution in [1.82, 2.24) is 14.7 Å². The van der Waals surface area contributed by atoms with Crippen LogP contribution in [0.25, 0.3) is 22.2 Å². The number of H-pyrrole nitrogens is 1. The van der Waals surface area contributed by atoms with Crippen molar-refractivity contribution in [2.45, 2.75) is 24.3 Å². The van der Waals surface area contributed by atoms with Gasteiger partial charge in [0.25, 0.3) is 0 Å². The van der Waals surface area contributed by atoms with Gasteiger partial charge in [0.15, 0.2) is 0 Å². The first-order chi connectivity index (χ1) is 19.7. The summed E-state index contributed by atoms with van der Waals surface area (Å²) in [4.78, 5) is 31.7. The molecule has 11 heteroatoms. The van der Waals surface area contributed by atoms with Gasteiger partial charge in [0.1, 0.15) is 6.04 Å². The molecule has 208 valence electrons. The largest absolute Gasteiger partial charge is 0.480 e. The molecule has 0 spiro atoms. The topological polar surface area (TPSA) is 153 Å². The zero-order chi connectivity index (χ0) is 29.0. The Bertz CT molecular complexity index is 1800. The van der Waals surface area contributed by atoms with Crippen LogP contribution in [0.15, 0.2) is 102 Å². The molecule has 5 N–H and O–H groups in total. The van der Waals surface area contributed by atoms with Crippen LogP contribution in [0.1, 0.15) is 11.1 Å². The maximum absolute atomic E-state index is 13.2. The van der Waals surface area contributed by atoms with E-state index >= 15 is 0 Å². The summed E-state index contributed by atoms with van der Waals surface area (Å²) >= 11 is 0. The standard InChI is InChI=1S/C30H27N5O5S/c1-19-12-14-20(15-13-19)16-27(28(36)37)35-41(39,40)24-9-5-7-22(18-24)21-6-4-8-23(17-21)31-30(38)34-29-32-25-10-2-3-11-26(25)33-29/h2-15,17-18,27,35H,16H2,1H3,(H,36,37)(H3,31,32,33,34,38)/t27-/m0/s1. The quantitative estimate of drug-likeness (QED) is 0.165. The molecule has 5 aromatic rings. The highest BCUT2D eigenvalue weighted by atomic mass is 32.2. The molecule has 0 radical (unpaired) electrons. The maximum atomic E-state index is 13.2. The fourth-order valence-electron chi connectivity index (χ4n) is 4.30. The van der Waals surface area contributed by atoms with Gasteiger partial charge >= 0.3 is 12.0 Å². The summed E-state index contributed by atoms with van der Waals surface area (Å²) in [6, 6.07) is 25.9. The molecule has 0 fully saturated rings. The Morgan fingerprint density at radius 1 is 0.878 bits per heavy atom. The fraction of sp³-hybridized carbons (Fsp3) is 0.100. The minimum absolute atomic E-state index is 0.00164. The van der Waals surface area contributed by atoms with Crippen molar-refractivity contribution in [2.24, 2.45) is 0 Å². The van der Waals surface area contributed by atoms with Crippen molar-refractivity contribution in [2.75, 3.05) is 10.6 Å². The molecule has 0 unspecified atom stereocenters. The number of benzene rings is 4. The van der Waals surface area contributed by atoms with Crippen LogP contribution in [0.4, 0.5) is 16.4 Å².